The molecule has 2 aliphatic rings. The highest BCUT2D eigenvalue weighted by Gasteiger charge is 2.31. The lowest BCUT2D eigenvalue weighted by atomic mass is 10.2. The topological polar surface area (TPSA) is 84.0 Å². The maximum Gasteiger partial charge on any atom is 0.307 e. The molecule has 0 aromatic heterocycles. The fourth-order valence-electron chi connectivity index (χ4n) is 4.35. The molecule has 0 aromatic rings. The van der Waals surface area contributed by atoms with Crippen LogP contribution in [0.1, 0.15) is 65.2 Å². The lowest BCUT2D eigenvalue weighted by Gasteiger charge is -2.30. The quantitative estimate of drug-likeness (QED) is 0.479. The molecule has 1 unspecified atom stereocenters. The zero-order chi connectivity index (χ0) is 20.6. The molecule has 28 heavy (non-hydrogen) atoms. The Bertz CT molecular complexity index is 616. The number of ether oxygens (including phenoxy) is 1. The number of likely N-dealkylation sites (tertiary alicyclic amines) is 1. The molecule has 1 saturated heterocycles. The molecule has 8 heteroatoms. The van der Waals surface area contributed by atoms with E-state index in [2.05, 4.69) is 11.8 Å². The summed E-state index contributed by atoms with van der Waals surface area (Å²) in [6.07, 6.45) is 5.63. The van der Waals surface area contributed by atoms with Crippen LogP contribution in [-0.2, 0) is 24.2 Å². The summed E-state index contributed by atoms with van der Waals surface area (Å²) in [4.78, 5) is 28.6. The summed E-state index contributed by atoms with van der Waals surface area (Å²) in [5.41, 5.74) is 0. The molecule has 2 rings (SSSR count). The number of hydrogen-bond acceptors (Lipinski definition) is 6. The molecular weight excluding hydrogens is 380 g/mol. The first kappa shape index (κ1) is 23.1. The van der Waals surface area contributed by atoms with Gasteiger partial charge in [-0.1, -0.05) is 19.8 Å². The minimum atomic E-state index is -3.22. The first-order valence-corrected chi connectivity index (χ1v) is 12.5. The average molecular weight is 417 g/mol. The number of carbonyl (C=O) groups is 2. The Balaban J connectivity index is 1.95. The third-order valence-corrected chi connectivity index (χ3v) is 8.25. The number of nitrogens with zero attached hydrogens (tertiary/aromatic N) is 2. The van der Waals surface area contributed by atoms with E-state index in [0.717, 1.165) is 51.6 Å². The Morgan fingerprint density at radius 2 is 1.79 bits per heavy atom. The first-order valence-electron chi connectivity index (χ1n) is 10.8. The van der Waals surface area contributed by atoms with Gasteiger partial charge in [0.2, 0.25) is 5.91 Å². The Morgan fingerprint density at radius 3 is 2.43 bits per heavy atom. The number of rotatable bonds is 11. The molecule has 2 fully saturated rings. The normalized spacial score (nSPS) is 21.1. The van der Waals surface area contributed by atoms with Crippen LogP contribution in [0.5, 0.6) is 0 Å². The highest BCUT2D eigenvalue weighted by atomic mass is 32.2. The summed E-state index contributed by atoms with van der Waals surface area (Å²) < 4.78 is 30.0. The minimum Gasteiger partial charge on any atom is -0.466 e. The SMILES string of the molecule is CCOC(=O)CCN(CC1CCCN1CC)C(=O)CCS(=O)(=O)C1CCCC1. The minimum absolute atomic E-state index is 0.000500. The van der Waals surface area contributed by atoms with Crippen LogP contribution in [0, 0.1) is 0 Å². The van der Waals surface area contributed by atoms with E-state index in [9.17, 15) is 18.0 Å². The predicted octanol–water partition coefficient (Wildman–Crippen LogP) is 2.00. The molecule has 1 aliphatic carbocycles. The van der Waals surface area contributed by atoms with Crippen LogP contribution in [-0.4, -0.2) is 79.9 Å². The zero-order valence-electron chi connectivity index (χ0n) is 17.4. The van der Waals surface area contributed by atoms with E-state index in [4.69, 9.17) is 4.74 Å². The van der Waals surface area contributed by atoms with Crippen molar-refractivity contribution in [3.05, 3.63) is 0 Å². The lowest BCUT2D eigenvalue weighted by Crippen LogP contribution is -2.44. The number of amides is 1. The van der Waals surface area contributed by atoms with Gasteiger partial charge in [-0.25, -0.2) is 8.42 Å². The van der Waals surface area contributed by atoms with Crippen LogP contribution in [0.25, 0.3) is 0 Å². The summed E-state index contributed by atoms with van der Waals surface area (Å²) in [6.45, 7) is 6.98. The molecule has 1 amide bonds. The Hall–Kier alpha value is -1.15. The van der Waals surface area contributed by atoms with Crippen molar-refractivity contribution in [3.8, 4) is 0 Å². The van der Waals surface area contributed by atoms with Gasteiger partial charge in [-0.2, -0.15) is 0 Å². The maximum absolute atomic E-state index is 12.8. The number of esters is 1. The van der Waals surface area contributed by atoms with Crippen LogP contribution >= 0.6 is 0 Å². The molecule has 0 spiro atoms. The van der Waals surface area contributed by atoms with Gasteiger partial charge in [-0.15, -0.1) is 0 Å². The molecule has 162 valence electrons. The highest BCUT2D eigenvalue weighted by molar-refractivity contribution is 7.92. The van der Waals surface area contributed by atoms with Crippen LogP contribution in [0.3, 0.4) is 0 Å². The molecule has 0 aromatic carbocycles. The second-order valence-corrected chi connectivity index (χ2v) is 10.2. The first-order chi connectivity index (χ1) is 13.4. The number of hydrogen-bond donors (Lipinski definition) is 0. The van der Waals surface area contributed by atoms with E-state index in [1.54, 1.807) is 11.8 Å². The third kappa shape index (κ3) is 6.72. The standard InChI is InChI=1S/C20H36N2O5S/c1-3-21-13-7-8-17(21)16-22(14-11-20(24)27-4-2)19(23)12-15-28(25,26)18-9-5-6-10-18/h17-18H,3-16H2,1-2H3. The van der Waals surface area contributed by atoms with Crippen molar-refractivity contribution in [2.24, 2.45) is 0 Å². The molecule has 0 bridgehead atoms. The van der Waals surface area contributed by atoms with Crippen LogP contribution < -0.4 is 0 Å². The second kappa shape index (κ2) is 11.1. The Labute approximate surface area is 169 Å². The van der Waals surface area contributed by atoms with Crippen molar-refractivity contribution in [1.82, 2.24) is 9.80 Å². The molecule has 1 saturated carbocycles. The zero-order valence-corrected chi connectivity index (χ0v) is 18.2. The number of sulfone groups is 1. The molecule has 0 radical (unpaired) electrons. The van der Waals surface area contributed by atoms with Gasteiger partial charge in [-0.3, -0.25) is 14.5 Å². The van der Waals surface area contributed by atoms with Gasteiger partial charge in [-0.05, 0) is 45.7 Å². The molecule has 1 heterocycles. The van der Waals surface area contributed by atoms with E-state index in [1.807, 2.05) is 0 Å². The van der Waals surface area contributed by atoms with Crippen LogP contribution in [0.2, 0.25) is 0 Å². The van der Waals surface area contributed by atoms with Crippen molar-refractivity contribution in [2.75, 3.05) is 38.5 Å². The predicted molar refractivity (Wildman–Crippen MR) is 109 cm³/mol. The summed E-state index contributed by atoms with van der Waals surface area (Å²) >= 11 is 0. The van der Waals surface area contributed by atoms with E-state index in [0.29, 0.717) is 13.2 Å². The molecule has 1 atom stereocenters. The maximum atomic E-state index is 12.8. The van der Waals surface area contributed by atoms with E-state index >= 15 is 0 Å². The van der Waals surface area contributed by atoms with E-state index < -0.39 is 9.84 Å². The van der Waals surface area contributed by atoms with Crippen molar-refractivity contribution in [2.45, 2.75) is 76.5 Å². The fraction of sp³-hybridized carbons (Fsp3) is 0.900. The van der Waals surface area contributed by atoms with Gasteiger partial charge in [0.15, 0.2) is 9.84 Å². The molecule has 0 N–H and O–H groups in total. The van der Waals surface area contributed by atoms with Gasteiger partial charge in [0, 0.05) is 25.6 Å². The molecular formula is C20H36N2O5S. The van der Waals surface area contributed by atoms with E-state index in [1.165, 1.54) is 0 Å². The summed E-state index contributed by atoms with van der Waals surface area (Å²) in [5.74, 6) is -0.583. The van der Waals surface area contributed by atoms with Gasteiger partial charge in [0.1, 0.15) is 0 Å². The van der Waals surface area contributed by atoms with Gasteiger partial charge >= 0.3 is 5.97 Å². The Kier molecular flexibility index (Phi) is 9.21. The van der Waals surface area contributed by atoms with Gasteiger partial charge in [0.05, 0.1) is 24.0 Å². The van der Waals surface area contributed by atoms with Crippen molar-refractivity contribution < 1.29 is 22.7 Å². The lowest BCUT2D eigenvalue weighted by molar-refractivity contribution is -0.144. The van der Waals surface area contributed by atoms with Gasteiger partial charge in [0.25, 0.3) is 0 Å². The number of likely N-dealkylation sites (N-methyl/N-ethyl adjacent to an activating group) is 1. The molecule has 7 nitrogen and oxygen atoms in total. The van der Waals surface area contributed by atoms with E-state index in [-0.39, 0.29) is 48.3 Å². The summed E-state index contributed by atoms with van der Waals surface area (Å²) in [5, 5.41) is -0.279. The monoisotopic (exact) mass is 416 g/mol. The van der Waals surface area contributed by atoms with Crippen molar-refractivity contribution in [3.63, 3.8) is 0 Å². The number of carbonyl (C=O) groups excluding carboxylic acids is 2. The van der Waals surface area contributed by atoms with Crippen molar-refractivity contribution in [1.29, 1.82) is 0 Å². The van der Waals surface area contributed by atoms with Crippen LogP contribution in [0.15, 0.2) is 0 Å². The Morgan fingerprint density at radius 1 is 1.07 bits per heavy atom. The largest absolute Gasteiger partial charge is 0.466 e. The van der Waals surface area contributed by atoms with Crippen LogP contribution in [0.4, 0.5) is 0 Å². The molecule has 1 aliphatic heterocycles. The van der Waals surface area contributed by atoms with Crippen molar-refractivity contribution >= 4 is 21.7 Å². The smallest absolute Gasteiger partial charge is 0.307 e. The third-order valence-electron chi connectivity index (χ3n) is 5.99. The fourth-order valence-corrected chi connectivity index (χ4v) is 6.20. The highest BCUT2D eigenvalue weighted by Crippen LogP contribution is 2.26. The second-order valence-electron chi connectivity index (χ2n) is 7.84. The summed E-state index contributed by atoms with van der Waals surface area (Å²) in [6, 6.07) is 0.280. The average Bonchev–Trinajstić information content (AvgIpc) is 3.35. The van der Waals surface area contributed by atoms with Gasteiger partial charge < -0.3 is 9.64 Å². The summed E-state index contributed by atoms with van der Waals surface area (Å²) in [7, 11) is -3.22.